The molecule has 0 fully saturated rings. The molecule has 0 aliphatic heterocycles. The fourth-order valence-corrected chi connectivity index (χ4v) is 0.836. The van der Waals surface area contributed by atoms with E-state index in [1.165, 1.54) is 6.08 Å². The van der Waals surface area contributed by atoms with Crippen molar-refractivity contribution in [3.8, 4) is 0 Å². The molecule has 3 nitrogen and oxygen atoms in total. The van der Waals surface area contributed by atoms with Crippen LogP contribution in [0.25, 0.3) is 0 Å². The Bertz CT molecular complexity index is 170. The molecule has 0 aliphatic carbocycles. The molecule has 13 heavy (non-hydrogen) atoms. The van der Waals surface area contributed by atoms with Crippen LogP contribution < -0.4 is 10.6 Å². The Hall–Kier alpha value is -0.830. The van der Waals surface area contributed by atoms with Gasteiger partial charge in [-0.2, -0.15) is 0 Å². The molecule has 0 aromatic carbocycles. The quantitative estimate of drug-likeness (QED) is 0.495. The highest BCUT2D eigenvalue weighted by atomic mass is 16.1. The second-order valence-corrected chi connectivity index (χ2v) is 4.03. The van der Waals surface area contributed by atoms with Gasteiger partial charge in [0.2, 0.25) is 5.91 Å². The summed E-state index contributed by atoms with van der Waals surface area (Å²) in [6, 6.07) is 0. The van der Waals surface area contributed by atoms with Crippen molar-refractivity contribution in [3.05, 3.63) is 12.7 Å². The molecular formula is C10H20N2O. The SMILES string of the molecule is C=CC(=O)NCCCNC(C)(C)C. The van der Waals surface area contributed by atoms with Crippen molar-refractivity contribution in [1.29, 1.82) is 0 Å². The molecule has 0 bridgehead atoms. The highest BCUT2D eigenvalue weighted by molar-refractivity contribution is 5.86. The normalized spacial score (nSPS) is 11.0. The molecule has 0 unspecified atom stereocenters. The van der Waals surface area contributed by atoms with E-state index in [-0.39, 0.29) is 11.4 Å². The minimum atomic E-state index is -0.101. The minimum absolute atomic E-state index is 0.101. The van der Waals surface area contributed by atoms with Crippen molar-refractivity contribution in [2.75, 3.05) is 13.1 Å². The van der Waals surface area contributed by atoms with E-state index in [0.29, 0.717) is 6.54 Å². The predicted molar refractivity (Wildman–Crippen MR) is 55.6 cm³/mol. The maximum Gasteiger partial charge on any atom is 0.243 e. The van der Waals surface area contributed by atoms with E-state index in [9.17, 15) is 4.79 Å². The van der Waals surface area contributed by atoms with Gasteiger partial charge in [-0.15, -0.1) is 0 Å². The van der Waals surface area contributed by atoms with Gasteiger partial charge in [0.05, 0.1) is 0 Å². The number of carbonyl (C=O) groups is 1. The summed E-state index contributed by atoms with van der Waals surface area (Å²) in [5.41, 5.74) is 0.155. The topological polar surface area (TPSA) is 41.1 Å². The summed E-state index contributed by atoms with van der Waals surface area (Å²) in [5, 5.41) is 6.06. The van der Waals surface area contributed by atoms with E-state index in [1.807, 2.05) is 0 Å². The zero-order chi connectivity index (χ0) is 10.3. The predicted octanol–water partition coefficient (Wildman–Crippen LogP) is 1.07. The van der Waals surface area contributed by atoms with Gasteiger partial charge in [0.25, 0.3) is 0 Å². The number of amides is 1. The monoisotopic (exact) mass is 184 g/mol. The summed E-state index contributed by atoms with van der Waals surface area (Å²) < 4.78 is 0. The third-order valence-electron chi connectivity index (χ3n) is 1.49. The van der Waals surface area contributed by atoms with Crippen molar-refractivity contribution in [2.24, 2.45) is 0 Å². The highest BCUT2D eigenvalue weighted by Gasteiger charge is 2.06. The Kier molecular flexibility index (Phi) is 5.39. The van der Waals surface area contributed by atoms with Crippen LogP contribution >= 0.6 is 0 Å². The minimum Gasteiger partial charge on any atom is -0.353 e. The molecule has 3 heteroatoms. The Balaban J connectivity index is 3.27. The molecule has 0 aliphatic rings. The Morgan fingerprint density at radius 1 is 1.38 bits per heavy atom. The van der Waals surface area contributed by atoms with Crippen molar-refractivity contribution in [3.63, 3.8) is 0 Å². The summed E-state index contributed by atoms with van der Waals surface area (Å²) in [4.78, 5) is 10.7. The van der Waals surface area contributed by atoms with Crippen LogP contribution in [0.1, 0.15) is 27.2 Å². The highest BCUT2D eigenvalue weighted by Crippen LogP contribution is 1.97. The zero-order valence-electron chi connectivity index (χ0n) is 8.81. The van der Waals surface area contributed by atoms with Crippen LogP contribution in [0.4, 0.5) is 0 Å². The Labute approximate surface area is 80.6 Å². The van der Waals surface area contributed by atoms with Crippen molar-refractivity contribution in [1.82, 2.24) is 10.6 Å². The zero-order valence-corrected chi connectivity index (χ0v) is 8.81. The first kappa shape index (κ1) is 12.2. The Morgan fingerprint density at radius 3 is 2.46 bits per heavy atom. The third-order valence-corrected chi connectivity index (χ3v) is 1.49. The molecule has 0 spiro atoms. The first-order valence-corrected chi connectivity index (χ1v) is 4.61. The molecule has 0 aromatic rings. The molecule has 2 N–H and O–H groups in total. The average Bonchev–Trinajstić information content (AvgIpc) is 2.01. The molecule has 1 amide bonds. The standard InChI is InChI=1S/C10H20N2O/c1-5-9(13)11-7-6-8-12-10(2,3)4/h5,12H,1,6-8H2,2-4H3,(H,11,13). The molecule has 76 valence electrons. The number of nitrogens with one attached hydrogen (secondary N) is 2. The Morgan fingerprint density at radius 2 is 2.00 bits per heavy atom. The average molecular weight is 184 g/mol. The fourth-order valence-electron chi connectivity index (χ4n) is 0.836. The number of carbonyl (C=O) groups excluding carboxylic acids is 1. The molecular weight excluding hydrogens is 164 g/mol. The van der Waals surface area contributed by atoms with E-state index in [2.05, 4.69) is 38.0 Å². The molecule has 0 saturated heterocycles. The maximum atomic E-state index is 10.7. The van der Waals surface area contributed by atoms with Gasteiger partial charge in [-0.1, -0.05) is 6.58 Å². The van der Waals surface area contributed by atoms with Crippen molar-refractivity contribution in [2.45, 2.75) is 32.7 Å². The first-order chi connectivity index (χ1) is 5.95. The van der Waals surface area contributed by atoms with E-state index in [0.717, 1.165) is 13.0 Å². The van der Waals surface area contributed by atoms with Crippen LogP contribution in [-0.2, 0) is 4.79 Å². The van der Waals surface area contributed by atoms with Gasteiger partial charge >= 0.3 is 0 Å². The van der Waals surface area contributed by atoms with Gasteiger partial charge in [0.15, 0.2) is 0 Å². The van der Waals surface area contributed by atoms with Gasteiger partial charge in [-0.3, -0.25) is 4.79 Å². The number of hydrogen-bond donors (Lipinski definition) is 2. The second-order valence-electron chi connectivity index (χ2n) is 4.03. The lowest BCUT2D eigenvalue weighted by Crippen LogP contribution is -2.37. The number of rotatable bonds is 5. The van der Waals surface area contributed by atoms with E-state index in [1.54, 1.807) is 0 Å². The molecule has 0 atom stereocenters. The maximum absolute atomic E-state index is 10.7. The van der Waals surface area contributed by atoms with Gasteiger partial charge < -0.3 is 10.6 Å². The lowest BCUT2D eigenvalue weighted by molar-refractivity contribution is -0.116. The third kappa shape index (κ3) is 9.08. The summed E-state index contributed by atoms with van der Waals surface area (Å²) in [5.74, 6) is -0.101. The van der Waals surface area contributed by atoms with Crippen molar-refractivity contribution < 1.29 is 4.79 Å². The first-order valence-electron chi connectivity index (χ1n) is 4.61. The lowest BCUT2D eigenvalue weighted by Gasteiger charge is -2.20. The molecule has 0 heterocycles. The molecule has 0 rings (SSSR count). The number of hydrogen-bond acceptors (Lipinski definition) is 2. The van der Waals surface area contributed by atoms with E-state index < -0.39 is 0 Å². The van der Waals surface area contributed by atoms with Gasteiger partial charge in [-0.05, 0) is 39.8 Å². The smallest absolute Gasteiger partial charge is 0.243 e. The lowest BCUT2D eigenvalue weighted by atomic mass is 10.1. The fraction of sp³-hybridized carbons (Fsp3) is 0.700. The van der Waals surface area contributed by atoms with Crippen LogP contribution in [-0.4, -0.2) is 24.5 Å². The van der Waals surface area contributed by atoms with Crippen LogP contribution in [0.3, 0.4) is 0 Å². The molecule has 0 saturated carbocycles. The molecule has 0 radical (unpaired) electrons. The largest absolute Gasteiger partial charge is 0.353 e. The van der Waals surface area contributed by atoms with E-state index >= 15 is 0 Å². The van der Waals surface area contributed by atoms with Crippen LogP contribution in [0.15, 0.2) is 12.7 Å². The van der Waals surface area contributed by atoms with Gasteiger partial charge in [-0.25, -0.2) is 0 Å². The van der Waals surface area contributed by atoms with Crippen LogP contribution in [0, 0.1) is 0 Å². The van der Waals surface area contributed by atoms with Crippen molar-refractivity contribution >= 4 is 5.91 Å². The second kappa shape index (κ2) is 5.75. The molecule has 0 aromatic heterocycles. The van der Waals surface area contributed by atoms with E-state index in [4.69, 9.17) is 0 Å². The van der Waals surface area contributed by atoms with Crippen LogP contribution in [0.5, 0.6) is 0 Å². The van der Waals surface area contributed by atoms with Gasteiger partial charge in [0.1, 0.15) is 0 Å². The summed E-state index contributed by atoms with van der Waals surface area (Å²) in [6.07, 6.45) is 2.23. The summed E-state index contributed by atoms with van der Waals surface area (Å²) in [7, 11) is 0. The van der Waals surface area contributed by atoms with Gasteiger partial charge in [0, 0.05) is 12.1 Å². The summed E-state index contributed by atoms with van der Waals surface area (Å²) in [6.45, 7) is 11.4. The summed E-state index contributed by atoms with van der Waals surface area (Å²) >= 11 is 0. The van der Waals surface area contributed by atoms with Crippen LogP contribution in [0.2, 0.25) is 0 Å².